The third kappa shape index (κ3) is 9.18. The standard InChI is InChI=1S/C59H37Cl2N11O8/c1-70(38-16-12-36(13-17-38)66-68-54-50-30(8-20-42-44-28-34(60)10-22-46(44)63-52(42)50)26-48(56(54)73)65-59(75)33-5-3-7-41(25-33)72(78)79)39-18-14-37(15-19-39)67-69-55-51-31(9-21-43-45-29-35(61)11-23-47(45)64-53(43)51)27-49(57(55)74)80-58(62)32-4-2-6-40(24-32)71(76)77/h2-29,62-64,73-74H,1H3,(H,65,75). The van der Waals surface area contributed by atoms with Crippen molar-refractivity contribution in [2.75, 3.05) is 17.3 Å². The zero-order valence-corrected chi connectivity index (χ0v) is 42.9. The Morgan fingerprint density at radius 3 is 1.60 bits per heavy atom. The molecule has 0 aliphatic rings. The summed E-state index contributed by atoms with van der Waals surface area (Å²) in [5.41, 5.74) is 5.08. The number of nitro groups is 2. The molecule has 0 saturated carbocycles. The Morgan fingerprint density at radius 2 is 1.07 bits per heavy atom. The molecule has 12 aromatic rings. The number of carbonyl (C=O) groups is 1. The maximum atomic E-state index is 13.5. The molecule has 390 valence electrons. The van der Waals surface area contributed by atoms with Crippen LogP contribution in [0.4, 0.5) is 51.2 Å². The van der Waals surface area contributed by atoms with Crippen molar-refractivity contribution in [2.24, 2.45) is 20.5 Å². The average Bonchev–Trinajstić information content (AvgIpc) is 4.17. The quantitative estimate of drug-likeness (QED) is 0.0169. The highest BCUT2D eigenvalue weighted by molar-refractivity contribution is 6.33. The van der Waals surface area contributed by atoms with E-state index in [1.807, 2.05) is 84.7 Å². The van der Waals surface area contributed by atoms with Gasteiger partial charge >= 0.3 is 0 Å². The largest absolute Gasteiger partial charge is 0.504 e. The van der Waals surface area contributed by atoms with Crippen molar-refractivity contribution >= 4 is 151 Å². The Morgan fingerprint density at radius 1 is 0.588 bits per heavy atom. The third-order valence-electron chi connectivity index (χ3n) is 13.6. The summed E-state index contributed by atoms with van der Waals surface area (Å²) in [5.74, 6) is -2.04. The fraction of sp³-hybridized carbons (Fsp3) is 0.0169. The number of H-pyrrole nitrogens is 2. The average molecular weight is 1100 g/mol. The summed E-state index contributed by atoms with van der Waals surface area (Å²) >= 11 is 12.8. The van der Waals surface area contributed by atoms with Crippen LogP contribution in [0.3, 0.4) is 0 Å². The minimum absolute atomic E-state index is 0.00829. The molecule has 1 amide bonds. The first kappa shape index (κ1) is 50.1. The number of azo groups is 2. The van der Waals surface area contributed by atoms with E-state index < -0.39 is 27.4 Å². The van der Waals surface area contributed by atoms with Gasteiger partial charge in [-0.15, -0.1) is 10.2 Å². The van der Waals surface area contributed by atoms with Crippen LogP contribution in [0.2, 0.25) is 10.0 Å². The molecule has 2 heterocycles. The van der Waals surface area contributed by atoms with Crippen molar-refractivity contribution in [3.63, 3.8) is 0 Å². The molecule has 0 aliphatic heterocycles. The lowest BCUT2D eigenvalue weighted by atomic mass is 10.0. The number of aromatic hydroxyl groups is 2. The van der Waals surface area contributed by atoms with Gasteiger partial charge in [0.25, 0.3) is 17.3 Å². The van der Waals surface area contributed by atoms with Crippen molar-refractivity contribution in [1.29, 1.82) is 5.41 Å². The van der Waals surface area contributed by atoms with Crippen molar-refractivity contribution in [2.45, 2.75) is 0 Å². The Hall–Kier alpha value is -10.8. The molecule has 0 spiro atoms. The van der Waals surface area contributed by atoms with Crippen LogP contribution < -0.4 is 15.0 Å². The molecule has 10 aromatic carbocycles. The van der Waals surface area contributed by atoms with Crippen LogP contribution in [0.15, 0.2) is 190 Å². The van der Waals surface area contributed by atoms with E-state index in [1.54, 1.807) is 48.5 Å². The minimum Gasteiger partial charge on any atom is -0.504 e. The fourth-order valence-electron chi connectivity index (χ4n) is 9.68. The minimum atomic E-state index is -0.686. The number of carbonyl (C=O) groups excluding carboxylic acids is 1. The van der Waals surface area contributed by atoms with Crippen molar-refractivity contribution < 1.29 is 29.6 Å². The lowest BCUT2D eigenvalue weighted by Crippen LogP contribution is -2.12. The SMILES string of the molecule is CN(c1ccc(N=Nc2c(O)c(NC(=O)c3cccc([N+](=O)[O-])c3)cc3ccc4c5cc(Cl)ccc5[nH]c4c23)cc1)c1ccc(N=Nc2c(O)c(OC(=N)c3cccc([N+](=O)[O-])c3)cc3ccc4c5cc(Cl)ccc5[nH]c4c23)cc1. The molecule has 0 bridgehead atoms. The molecule has 0 atom stereocenters. The van der Waals surface area contributed by atoms with E-state index in [4.69, 9.17) is 33.3 Å². The molecule has 12 rings (SSSR count). The maximum absolute atomic E-state index is 13.5. The summed E-state index contributed by atoms with van der Waals surface area (Å²) in [6.45, 7) is 0. The van der Waals surface area contributed by atoms with Crippen molar-refractivity contribution in [1.82, 2.24) is 9.97 Å². The molecule has 80 heavy (non-hydrogen) atoms. The first-order valence-corrected chi connectivity index (χ1v) is 25.0. The summed E-state index contributed by atoms with van der Waals surface area (Å²) < 4.78 is 5.88. The van der Waals surface area contributed by atoms with Crippen LogP contribution in [0, 0.1) is 25.6 Å². The van der Waals surface area contributed by atoms with Gasteiger partial charge in [0.15, 0.2) is 17.2 Å². The van der Waals surface area contributed by atoms with Gasteiger partial charge in [-0.1, -0.05) is 59.6 Å². The van der Waals surface area contributed by atoms with E-state index in [9.17, 15) is 35.2 Å². The number of ether oxygens (including phenoxy) is 1. The molecule has 0 fully saturated rings. The summed E-state index contributed by atoms with van der Waals surface area (Å²) in [7, 11) is 1.88. The molecule has 2 aromatic heterocycles. The van der Waals surface area contributed by atoms with Gasteiger partial charge in [-0.3, -0.25) is 30.4 Å². The van der Waals surface area contributed by atoms with Crippen LogP contribution in [0.5, 0.6) is 17.2 Å². The molecule has 0 aliphatic carbocycles. The number of aromatic amines is 2. The van der Waals surface area contributed by atoms with Gasteiger partial charge in [-0.2, -0.15) is 10.2 Å². The third-order valence-corrected chi connectivity index (χ3v) is 14.1. The zero-order chi connectivity index (χ0) is 55.5. The smallest absolute Gasteiger partial charge is 0.270 e. The number of aromatic nitrogens is 2. The number of amides is 1. The number of hydrogen-bond donors (Lipinski definition) is 6. The van der Waals surface area contributed by atoms with Crippen LogP contribution in [0.25, 0.3) is 65.2 Å². The second-order valence-electron chi connectivity index (χ2n) is 18.5. The molecule has 0 radical (unpaired) electrons. The van der Waals surface area contributed by atoms with E-state index in [0.29, 0.717) is 54.0 Å². The number of phenols is 2. The summed E-state index contributed by atoms with van der Waals surface area (Å²) in [6.07, 6.45) is 0. The van der Waals surface area contributed by atoms with Gasteiger partial charge < -0.3 is 35.1 Å². The van der Waals surface area contributed by atoms with E-state index in [2.05, 4.69) is 35.7 Å². The molecular formula is C59H37Cl2N11O8. The van der Waals surface area contributed by atoms with E-state index >= 15 is 0 Å². The first-order chi connectivity index (χ1) is 38.6. The Balaban J connectivity index is 0.837. The number of fused-ring (bicyclic) bond motifs is 10. The molecular weight excluding hydrogens is 1060 g/mol. The van der Waals surface area contributed by atoms with Gasteiger partial charge in [-0.05, 0) is 120 Å². The number of hydrogen-bond acceptors (Lipinski definition) is 14. The summed E-state index contributed by atoms with van der Waals surface area (Å²) in [5, 5.41) is 83.0. The highest BCUT2D eigenvalue weighted by Gasteiger charge is 2.23. The molecule has 21 heteroatoms. The van der Waals surface area contributed by atoms with Gasteiger partial charge in [0.1, 0.15) is 11.4 Å². The van der Waals surface area contributed by atoms with Crippen LogP contribution in [-0.2, 0) is 0 Å². The fourth-order valence-corrected chi connectivity index (χ4v) is 10.0. The van der Waals surface area contributed by atoms with Crippen LogP contribution in [-0.4, -0.2) is 48.9 Å². The topological polar surface area (TPSA) is 273 Å². The highest BCUT2D eigenvalue weighted by Crippen LogP contribution is 2.49. The molecule has 19 nitrogen and oxygen atoms in total. The van der Waals surface area contributed by atoms with Gasteiger partial charge in [0.05, 0.1) is 37.9 Å². The summed E-state index contributed by atoms with van der Waals surface area (Å²) in [6, 6.07) is 46.6. The second-order valence-corrected chi connectivity index (χ2v) is 19.4. The number of anilines is 3. The van der Waals surface area contributed by atoms with Crippen LogP contribution >= 0.6 is 23.2 Å². The predicted octanol–water partition coefficient (Wildman–Crippen LogP) is 17.1. The van der Waals surface area contributed by atoms with Crippen LogP contribution in [0.1, 0.15) is 15.9 Å². The van der Waals surface area contributed by atoms with Gasteiger partial charge in [0.2, 0.25) is 5.90 Å². The van der Waals surface area contributed by atoms with E-state index in [1.165, 1.54) is 42.5 Å². The number of nitrogens with one attached hydrogen (secondary N) is 4. The molecule has 6 N–H and O–H groups in total. The highest BCUT2D eigenvalue weighted by atomic mass is 35.5. The number of nitro benzene ring substituents is 2. The maximum Gasteiger partial charge on any atom is 0.270 e. The number of non-ortho nitro benzene ring substituents is 2. The van der Waals surface area contributed by atoms with E-state index in [-0.39, 0.29) is 51.1 Å². The number of benzene rings is 10. The van der Waals surface area contributed by atoms with Crippen molar-refractivity contribution in [3.05, 3.63) is 211 Å². The molecule has 0 unspecified atom stereocenters. The lowest BCUT2D eigenvalue weighted by Gasteiger charge is -2.19. The van der Waals surface area contributed by atoms with Gasteiger partial charge in [-0.25, -0.2) is 0 Å². The normalized spacial score (nSPS) is 11.7. The Labute approximate surface area is 460 Å². The second kappa shape index (κ2) is 20.0. The predicted molar refractivity (Wildman–Crippen MR) is 311 cm³/mol. The van der Waals surface area contributed by atoms with Crippen molar-refractivity contribution in [3.8, 4) is 17.2 Å². The number of nitrogens with zero attached hydrogens (tertiary/aromatic N) is 7. The van der Waals surface area contributed by atoms with E-state index in [0.717, 1.165) is 50.0 Å². The Kier molecular flexibility index (Phi) is 12.5. The lowest BCUT2D eigenvalue weighted by molar-refractivity contribution is -0.385. The Bertz CT molecular complexity index is 4380. The zero-order valence-electron chi connectivity index (χ0n) is 41.4. The summed E-state index contributed by atoms with van der Waals surface area (Å²) in [4.78, 5) is 44.0. The first-order valence-electron chi connectivity index (χ1n) is 24.3. The van der Waals surface area contributed by atoms with Gasteiger partial charge in [0, 0.05) is 107 Å². The number of halogens is 2. The number of phenolic OH excluding ortho intramolecular Hbond substituents is 2. The monoisotopic (exact) mass is 1100 g/mol. The number of rotatable bonds is 12. The molecule has 0 saturated heterocycles.